The van der Waals surface area contributed by atoms with Gasteiger partial charge in [0.25, 0.3) is 0 Å². The highest BCUT2D eigenvalue weighted by Crippen LogP contribution is 1.98. The fourth-order valence-corrected chi connectivity index (χ4v) is 0.624. The number of hydrogen-bond acceptors (Lipinski definition) is 3. The molecule has 0 bridgehead atoms. The molecular weight excluding hydrogens is 174 g/mol. The van der Waals surface area contributed by atoms with Crippen LogP contribution in [0.3, 0.4) is 0 Å². The molecule has 0 fully saturated rings. The lowest BCUT2D eigenvalue weighted by Crippen LogP contribution is -2.38. The molecule has 0 aliphatic rings. The molecule has 3 N–H and O–H groups in total. The average molecular weight is 189 g/mol. The van der Waals surface area contributed by atoms with Gasteiger partial charge in [-0.3, -0.25) is 9.59 Å². The van der Waals surface area contributed by atoms with Crippen molar-refractivity contribution in [3.05, 3.63) is 0 Å². The Kier molecular flexibility index (Phi) is 4.40. The third-order valence-electron chi connectivity index (χ3n) is 1.28. The largest absolute Gasteiger partial charge is 0.481 e. The van der Waals surface area contributed by atoms with Crippen molar-refractivity contribution in [2.75, 3.05) is 6.54 Å². The highest BCUT2D eigenvalue weighted by Gasteiger charge is 2.13. The zero-order chi connectivity index (χ0) is 10.5. The molecule has 1 amide bonds. The molecule has 0 aromatic rings. The van der Waals surface area contributed by atoms with Crippen LogP contribution < -0.4 is 5.32 Å². The summed E-state index contributed by atoms with van der Waals surface area (Å²) in [4.78, 5) is 21.0. The van der Waals surface area contributed by atoms with E-state index in [4.69, 9.17) is 5.11 Å². The van der Waals surface area contributed by atoms with Crippen molar-refractivity contribution < 1.29 is 19.8 Å². The van der Waals surface area contributed by atoms with Gasteiger partial charge in [-0.05, 0) is 13.8 Å². The van der Waals surface area contributed by atoms with E-state index in [0.717, 1.165) is 0 Å². The predicted molar refractivity (Wildman–Crippen MR) is 46.2 cm³/mol. The SMILES string of the molecule is CC(C)(O)CNC(=O)CCC(=O)O. The number of carbonyl (C=O) groups is 2. The Labute approximate surface area is 76.8 Å². The molecule has 0 saturated heterocycles. The van der Waals surface area contributed by atoms with Crippen molar-refractivity contribution in [3.63, 3.8) is 0 Å². The van der Waals surface area contributed by atoms with E-state index in [2.05, 4.69) is 5.32 Å². The van der Waals surface area contributed by atoms with E-state index in [1.54, 1.807) is 13.8 Å². The van der Waals surface area contributed by atoms with E-state index in [1.165, 1.54) is 0 Å². The normalized spacial score (nSPS) is 11.0. The second-order valence-electron chi connectivity index (χ2n) is 3.48. The van der Waals surface area contributed by atoms with Gasteiger partial charge in [0.2, 0.25) is 5.91 Å². The van der Waals surface area contributed by atoms with Crippen molar-refractivity contribution in [1.29, 1.82) is 0 Å². The Morgan fingerprint density at radius 2 is 1.85 bits per heavy atom. The Morgan fingerprint density at radius 1 is 1.31 bits per heavy atom. The number of aliphatic carboxylic acids is 1. The van der Waals surface area contributed by atoms with E-state index in [-0.39, 0.29) is 25.3 Å². The minimum atomic E-state index is -1.00. The van der Waals surface area contributed by atoms with E-state index in [9.17, 15) is 14.7 Å². The lowest BCUT2D eigenvalue weighted by Gasteiger charge is -2.17. The van der Waals surface area contributed by atoms with Crippen molar-refractivity contribution >= 4 is 11.9 Å². The van der Waals surface area contributed by atoms with Crippen molar-refractivity contribution in [2.24, 2.45) is 0 Å². The Morgan fingerprint density at radius 3 is 2.23 bits per heavy atom. The summed E-state index contributed by atoms with van der Waals surface area (Å²) in [5.41, 5.74) is -0.959. The smallest absolute Gasteiger partial charge is 0.303 e. The van der Waals surface area contributed by atoms with Gasteiger partial charge in [-0.1, -0.05) is 0 Å². The van der Waals surface area contributed by atoms with Crippen LogP contribution in [0.15, 0.2) is 0 Å². The van der Waals surface area contributed by atoms with Crippen LogP contribution in [0.25, 0.3) is 0 Å². The number of hydrogen-bond donors (Lipinski definition) is 3. The van der Waals surface area contributed by atoms with E-state index < -0.39 is 11.6 Å². The number of rotatable bonds is 5. The number of carboxylic acids is 1. The van der Waals surface area contributed by atoms with Crippen molar-refractivity contribution in [1.82, 2.24) is 5.32 Å². The van der Waals surface area contributed by atoms with Gasteiger partial charge in [0.1, 0.15) is 0 Å². The molecule has 0 radical (unpaired) electrons. The quantitative estimate of drug-likeness (QED) is 0.556. The molecule has 0 unspecified atom stereocenters. The summed E-state index contributed by atoms with van der Waals surface area (Å²) in [6.07, 6.45) is -0.233. The second-order valence-corrected chi connectivity index (χ2v) is 3.48. The summed E-state index contributed by atoms with van der Waals surface area (Å²) in [6.45, 7) is 3.25. The maximum Gasteiger partial charge on any atom is 0.303 e. The predicted octanol–water partition coefficient (Wildman–Crippen LogP) is -0.262. The Balaban J connectivity index is 3.58. The summed E-state index contributed by atoms with van der Waals surface area (Å²) >= 11 is 0. The van der Waals surface area contributed by atoms with E-state index in [0.29, 0.717) is 0 Å². The first-order chi connectivity index (χ1) is 5.81. The van der Waals surface area contributed by atoms with Gasteiger partial charge in [-0.2, -0.15) is 0 Å². The third kappa shape index (κ3) is 8.81. The molecule has 0 rings (SSSR count). The lowest BCUT2D eigenvalue weighted by atomic mass is 10.1. The summed E-state index contributed by atoms with van der Waals surface area (Å²) in [5.74, 6) is -1.36. The molecule has 76 valence electrons. The topological polar surface area (TPSA) is 86.6 Å². The second kappa shape index (κ2) is 4.81. The Hall–Kier alpha value is -1.10. The number of carboxylic acid groups (broad SMARTS) is 1. The molecule has 0 saturated carbocycles. The van der Waals surface area contributed by atoms with Crippen LogP contribution in [-0.2, 0) is 9.59 Å². The van der Waals surface area contributed by atoms with E-state index in [1.807, 2.05) is 0 Å². The summed E-state index contributed by atoms with van der Waals surface area (Å²) < 4.78 is 0. The molecule has 0 atom stereocenters. The zero-order valence-electron chi connectivity index (χ0n) is 7.83. The van der Waals surface area contributed by atoms with Crippen LogP contribution in [0.5, 0.6) is 0 Å². The summed E-state index contributed by atoms with van der Waals surface area (Å²) in [6, 6.07) is 0. The third-order valence-corrected chi connectivity index (χ3v) is 1.28. The zero-order valence-corrected chi connectivity index (χ0v) is 7.83. The van der Waals surface area contributed by atoms with Crippen molar-refractivity contribution in [3.8, 4) is 0 Å². The molecular formula is C8H15NO4. The van der Waals surface area contributed by atoms with E-state index >= 15 is 0 Å². The minimum Gasteiger partial charge on any atom is -0.481 e. The number of amides is 1. The first-order valence-corrected chi connectivity index (χ1v) is 4.02. The standard InChI is InChI=1S/C8H15NO4/c1-8(2,13)5-9-6(10)3-4-7(11)12/h13H,3-5H2,1-2H3,(H,9,10)(H,11,12). The maximum atomic E-state index is 10.9. The van der Waals surface area contributed by atoms with Gasteiger partial charge in [-0.25, -0.2) is 0 Å². The maximum absolute atomic E-state index is 10.9. The van der Waals surface area contributed by atoms with Crippen LogP contribution in [0.2, 0.25) is 0 Å². The first kappa shape index (κ1) is 11.9. The van der Waals surface area contributed by atoms with Crippen LogP contribution in [0, 0.1) is 0 Å². The van der Waals surface area contributed by atoms with Gasteiger partial charge in [0.15, 0.2) is 0 Å². The van der Waals surface area contributed by atoms with Crippen LogP contribution in [-0.4, -0.2) is 34.2 Å². The summed E-state index contributed by atoms with van der Waals surface area (Å²) in [5, 5.41) is 19.9. The van der Waals surface area contributed by atoms with Gasteiger partial charge in [0.05, 0.1) is 12.0 Å². The molecule has 0 aliphatic carbocycles. The highest BCUT2D eigenvalue weighted by atomic mass is 16.4. The van der Waals surface area contributed by atoms with Gasteiger partial charge >= 0.3 is 5.97 Å². The van der Waals surface area contributed by atoms with Gasteiger partial charge in [-0.15, -0.1) is 0 Å². The molecule has 13 heavy (non-hydrogen) atoms. The van der Waals surface area contributed by atoms with Crippen LogP contribution >= 0.6 is 0 Å². The molecule has 0 aliphatic heterocycles. The van der Waals surface area contributed by atoms with Gasteiger partial charge in [0, 0.05) is 13.0 Å². The molecule has 0 aromatic carbocycles. The first-order valence-electron chi connectivity index (χ1n) is 4.02. The fourth-order valence-electron chi connectivity index (χ4n) is 0.624. The number of nitrogens with one attached hydrogen (secondary N) is 1. The molecule has 0 heterocycles. The van der Waals surface area contributed by atoms with Crippen LogP contribution in [0.4, 0.5) is 0 Å². The minimum absolute atomic E-state index is 0.0502. The Bertz CT molecular complexity index is 195. The fraction of sp³-hybridized carbons (Fsp3) is 0.750. The summed E-state index contributed by atoms with van der Waals surface area (Å²) in [7, 11) is 0. The molecule has 0 spiro atoms. The van der Waals surface area contributed by atoms with Crippen LogP contribution in [0.1, 0.15) is 26.7 Å². The lowest BCUT2D eigenvalue weighted by molar-refractivity contribution is -0.138. The molecule has 5 heteroatoms. The van der Waals surface area contributed by atoms with Gasteiger partial charge < -0.3 is 15.5 Å². The number of carbonyl (C=O) groups excluding carboxylic acids is 1. The monoisotopic (exact) mass is 189 g/mol. The average Bonchev–Trinajstić information content (AvgIpc) is 1.95. The highest BCUT2D eigenvalue weighted by molar-refractivity contribution is 5.80. The molecule has 0 aromatic heterocycles. The van der Waals surface area contributed by atoms with Crippen molar-refractivity contribution in [2.45, 2.75) is 32.3 Å². The molecule has 5 nitrogen and oxygen atoms in total. The number of aliphatic hydroxyl groups is 1.